The van der Waals surface area contributed by atoms with Crippen molar-refractivity contribution in [2.24, 2.45) is 5.84 Å². The van der Waals surface area contributed by atoms with Crippen LogP contribution in [0, 0.1) is 0 Å². The van der Waals surface area contributed by atoms with Gasteiger partial charge in [-0.05, 0) is 30.3 Å². The number of nitrogens with one attached hydrogen (secondary N) is 1. The summed E-state index contributed by atoms with van der Waals surface area (Å²) in [6.07, 6.45) is 0. The number of hydrazine groups is 1. The van der Waals surface area contributed by atoms with Gasteiger partial charge in [0.1, 0.15) is 5.82 Å². The summed E-state index contributed by atoms with van der Waals surface area (Å²) < 4.78 is 1.05. The number of nitrogens with two attached hydrogens (primary N) is 1. The first-order valence-electron chi connectivity index (χ1n) is 3.82. The molecule has 66 valence electrons. The van der Waals surface area contributed by atoms with E-state index in [1.807, 2.05) is 30.3 Å². The minimum absolute atomic E-state index is 0.676. The van der Waals surface area contributed by atoms with Crippen LogP contribution in [-0.2, 0) is 0 Å². The fourth-order valence-electron chi connectivity index (χ4n) is 1.18. The van der Waals surface area contributed by atoms with E-state index in [4.69, 9.17) is 5.84 Å². The van der Waals surface area contributed by atoms with Crippen LogP contribution in [0.5, 0.6) is 0 Å². The second-order valence-electron chi connectivity index (χ2n) is 2.68. The van der Waals surface area contributed by atoms with Crippen LogP contribution in [0.1, 0.15) is 0 Å². The molecule has 0 amide bonds. The topological polar surface area (TPSA) is 50.9 Å². The standard InChI is InChI=1S/C9H8BrN3/c10-7-2-3-8-6(5-7)1-4-9(12-8)13-11/h1-5H,11H2,(H,12,13). The number of rotatable bonds is 1. The van der Waals surface area contributed by atoms with Gasteiger partial charge in [-0.1, -0.05) is 15.9 Å². The Morgan fingerprint density at radius 2 is 2.08 bits per heavy atom. The van der Waals surface area contributed by atoms with E-state index in [2.05, 4.69) is 26.3 Å². The Hall–Kier alpha value is -1.13. The number of pyridine rings is 1. The molecule has 0 bridgehead atoms. The van der Waals surface area contributed by atoms with Crippen molar-refractivity contribution in [2.75, 3.05) is 5.43 Å². The molecule has 0 aliphatic heterocycles. The number of aromatic nitrogens is 1. The summed E-state index contributed by atoms with van der Waals surface area (Å²) in [6, 6.07) is 9.73. The maximum Gasteiger partial charge on any atom is 0.140 e. The zero-order valence-electron chi connectivity index (χ0n) is 6.79. The highest BCUT2D eigenvalue weighted by Crippen LogP contribution is 2.19. The van der Waals surface area contributed by atoms with Crippen LogP contribution in [-0.4, -0.2) is 4.98 Å². The van der Waals surface area contributed by atoms with Crippen molar-refractivity contribution in [3.8, 4) is 0 Å². The number of benzene rings is 1. The van der Waals surface area contributed by atoms with Crippen molar-refractivity contribution < 1.29 is 0 Å². The lowest BCUT2D eigenvalue weighted by Crippen LogP contribution is -2.07. The lowest BCUT2D eigenvalue weighted by Gasteiger charge is -2.01. The SMILES string of the molecule is NNc1ccc2cc(Br)ccc2n1. The van der Waals surface area contributed by atoms with Crippen molar-refractivity contribution in [1.82, 2.24) is 4.98 Å². The second kappa shape index (κ2) is 3.32. The molecule has 0 atom stereocenters. The van der Waals surface area contributed by atoms with E-state index < -0.39 is 0 Å². The average molecular weight is 238 g/mol. The van der Waals surface area contributed by atoms with E-state index in [1.54, 1.807) is 0 Å². The summed E-state index contributed by atoms with van der Waals surface area (Å²) in [5, 5.41) is 1.09. The molecule has 4 heteroatoms. The molecular weight excluding hydrogens is 230 g/mol. The Kier molecular flexibility index (Phi) is 2.16. The molecule has 2 rings (SSSR count). The summed E-state index contributed by atoms with van der Waals surface area (Å²) in [4.78, 5) is 4.28. The van der Waals surface area contributed by atoms with Gasteiger partial charge in [-0.3, -0.25) is 0 Å². The van der Waals surface area contributed by atoms with E-state index in [0.717, 1.165) is 15.4 Å². The average Bonchev–Trinajstić information content (AvgIpc) is 2.17. The maximum absolute atomic E-state index is 5.25. The van der Waals surface area contributed by atoms with Crippen LogP contribution in [0.2, 0.25) is 0 Å². The Morgan fingerprint density at radius 3 is 2.85 bits per heavy atom. The van der Waals surface area contributed by atoms with Crippen LogP contribution in [0.4, 0.5) is 5.82 Å². The Morgan fingerprint density at radius 1 is 1.23 bits per heavy atom. The minimum atomic E-state index is 0.676. The third kappa shape index (κ3) is 1.64. The van der Waals surface area contributed by atoms with Gasteiger partial charge in [-0.2, -0.15) is 0 Å². The van der Waals surface area contributed by atoms with Gasteiger partial charge in [0.15, 0.2) is 0 Å². The van der Waals surface area contributed by atoms with E-state index >= 15 is 0 Å². The first-order valence-corrected chi connectivity index (χ1v) is 4.62. The number of hydrogen-bond acceptors (Lipinski definition) is 3. The smallest absolute Gasteiger partial charge is 0.140 e. The number of anilines is 1. The first kappa shape index (κ1) is 8.47. The number of nitrogen functional groups attached to an aromatic ring is 1. The van der Waals surface area contributed by atoms with Crippen LogP contribution in [0.25, 0.3) is 10.9 Å². The van der Waals surface area contributed by atoms with Gasteiger partial charge in [0.25, 0.3) is 0 Å². The van der Waals surface area contributed by atoms with E-state index in [0.29, 0.717) is 5.82 Å². The molecule has 1 heterocycles. The monoisotopic (exact) mass is 237 g/mol. The van der Waals surface area contributed by atoms with E-state index in [1.165, 1.54) is 0 Å². The summed E-state index contributed by atoms with van der Waals surface area (Å²) >= 11 is 3.40. The van der Waals surface area contributed by atoms with Crippen LogP contribution in [0.15, 0.2) is 34.8 Å². The highest BCUT2D eigenvalue weighted by atomic mass is 79.9. The molecule has 0 spiro atoms. The van der Waals surface area contributed by atoms with Gasteiger partial charge in [0, 0.05) is 9.86 Å². The third-order valence-corrected chi connectivity index (χ3v) is 2.29. The highest BCUT2D eigenvalue weighted by Gasteiger charge is 1.96. The molecule has 0 aliphatic carbocycles. The van der Waals surface area contributed by atoms with Crippen LogP contribution < -0.4 is 11.3 Å². The van der Waals surface area contributed by atoms with E-state index in [-0.39, 0.29) is 0 Å². The van der Waals surface area contributed by atoms with Crippen molar-refractivity contribution in [1.29, 1.82) is 0 Å². The number of hydrogen-bond donors (Lipinski definition) is 2. The minimum Gasteiger partial charge on any atom is -0.308 e. The van der Waals surface area contributed by atoms with Crippen LogP contribution >= 0.6 is 15.9 Å². The number of nitrogens with zero attached hydrogens (tertiary/aromatic N) is 1. The van der Waals surface area contributed by atoms with Crippen LogP contribution in [0.3, 0.4) is 0 Å². The Balaban J connectivity index is 2.66. The van der Waals surface area contributed by atoms with Crippen molar-refractivity contribution in [2.45, 2.75) is 0 Å². The molecule has 0 aliphatic rings. The molecule has 3 nitrogen and oxygen atoms in total. The van der Waals surface area contributed by atoms with Gasteiger partial charge in [0.2, 0.25) is 0 Å². The fraction of sp³-hybridized carbons (Fsp3) is 0. The molecule has 0 saturated carbocycles. The quantitative estimate of drug-likeness (QED) is 0.591. The van der Waals surface area contributed by atoms with Gasteiger partial charge >= 0.3 is 0 Å². The third-order valence-electron chi connectivity index (χ3n) is 1.80. The summed E-state index contributed by atoms with van der Waals surface area (Å²) in [7, 11) is 0. The molecule has 0 saturated heterocycles. The predicted octanol–water partition coefficient (Wildman–Crippen LogP) is 2.28. The summed E-state index contributed by atoms with van der Waals surface area (Å²) in [5.74, 6) is 5.92. The zero-order valence-corrected chi connectivity index (χ0v) is 8.38. The summed E-state index contributed by atoms with van der Waals surface area (Å²) in [5.41, 5.74) is 3.44. The molecule has 1 aromatic carbocycles. The normalized spacial score (nSPS) is 10.3. The Labute approximate surface area is 84.1 Å². The number of halogens is 1. The lowest BCUT2D eigenvalue weighted by molar-refractivity contribution is 1.26. The fourth-order valence-corrected chi connectivity index (χ4v) is 1.56. The summed E-state index contributed by atoms with van der Waals surface area (Å²) in [6.45, 7) is 0. The Bertz CT molecular complexity index is 442. The molecule has 3 N–H and O–H groups in total. The van der Waals surface area contributed by atoms with Gasteiger partial charge in [-0.15, -0.1) is 0 Å². The molecule has 2 aromatic rings. The second-order valence-corrected chi connectivity index (χ2v) is 3.59. The van der Waals surface area contributed by atoms with Gasteiger partial charge in [0.05, 0.1) is 5.52 Å². The highest BCUT2D eigenvalue weighted by molar-refractivity contribution is 9.10. The van der Waals surface area contributed by atoms with Crippen molar-refractivity contribution in [3.05, 3.63) is 34.8 Å². The molecular formula is C9H8BrN3. The van der Waals surface area contributed by atoms with E-state index in [9.17, 15) is 0 Å². The first-order chi connectivity index (χ1) is 6.29. The molecule has 0 unspecified atom stereocenters. The molecule has 0 fully saturated rings. The maximum atomic E-state index is 5.25. The zero-order chi connectivity index (χ0) is 9.26. The largest absolute Gasteiger partial charge is 0.308 e. The lowest BCUT2D eigenvalue weighted by atomic mass is 10.2. The molecule has 1 aromatic heterocycles. The predicted molar refractivity (Wildman–Crippen MR) is 57.3 cm³/mol. The van der Waals surface area contributed by atoms with Crippen molar-refractivity contribution >= 4 is 32.7 Å². The van der Waals surface area contributed by atoms with Gasteiger partial charge < -0.3 is 5.43 Å². The molecule has 0 radical (unpaired) electrons. The molecule has 13 heavy (non-hydrogen) atoms. The van der Waals surface area contributed by atoms with Crippen molar-refractivity contribution in [3.63, 3.8) is 0 Å². The van der Waals surface area contributed by atoms with Gasteiger partial charge in [-0.25, -0.2) is 10.8 Å². The number of fused-ring (bicyclic) bond motifs is 1.